The maximum absolute atomic E-state index is 13.2. The predicted octanol–water partition coefficient (Wildman–Crippen LogP) is 3.24. The number of ether oxygens (including phenoxy) is 1. The highest BCUT2D eigenvalue weighted by Crippen LogP contribution is 2.55. The molecule has 4 bridgehead atoms. The molecule has 4 fully saturated rings. The van der Waals surface area contributed by atoms with Gasteiger partial charge in [-0.3, -0.25) is 4.79 Å². The first kappa shape index (κ1) is 15.4. The fourth-order valence-electron chi connectivity index (χ4n) is 6.30. The number of fused-ring (bicyclic) bond motifs is 1. The highest BCUT2D eigenvalue weighted by atomic mass is 16.6. The van der Waals surface area contributed by atoms with Gasteiger partial charge in [0.2, 0.25) is 0 Å². The number of rotatable bonds is 2. The monoisotopic (exact) mass is 339 g/mol. The summed E-state index contributed by atoms with van der Waals surface area (Å²) in [5, 5.41) is 3.37. The van der Waals surface area contributed by atoms with Crippen molar-refractivity contribution in [2.75, 3.05) is 0 Å². The van der Waals surface area contributed by atoms with Crippen LogP contribution in [0.3, 0.4) is 0 Å². The Morgan fingerprint density at radius 1 is 1.08 bits per heavy atom. The van der Waals surface area contributed by atoms with Crippen molar-refractivity contribution in [2.24, 2.45) is 17.8 Å². The van der Waals surface area contributed by atoms with Crippen LogP contribution in [0.1, 0.15) is 61.4 Å². The quantitative estimate of drug-likeness (QED) is 0.842. The van der Waals surface area contributed by atoms with E-state index in [9.17, 15) is 9.59 Å². The summed E-state index contributed by atoms with van der Waals surface area (Å²) in [6.07, 6.45) is 7.79. The summed E-state index contributed by atoms with van der Waals surface area (Å²) in [5.41, 5.74) is 0.331. The fraction of sp³-hybridized carbons (Fsp3) is 0.619. The van der Waals surface area contributed by atoms with Gasteiger partial charge in [-0.2, -0.15) is 0 Å². The van der Waals surface area contributed by atoms with Crippen LogP contribution in [0.2, 0.25) is 0 Å². The number of carbonyl (C=O) groups excluding carboxylic acids is 2. The SMILES string of the molecule is C[C@]1(C(=O)NC23CC4CC(CC(C4)C2)C3)Cc2ccccc2C(=O)O1. The number of amides is 1. The molecule has 4 heteroatoms. The molecule has 0 radical (unpaired) electrons. The van der Waals surface area contributed by atoms with Gasteiger partial charge in [-0.05, 0) is 74.8 Å². The van der Waals surface area contributed by atoms with Gasteiger partial charge in [-0.15, -0.1) is 0 Å². The van der Waals surface area contributed by atoms with Crippen LogP contribution in [0.15, 0.2) is 24.3 Å². The number of carbonyl (C=O) groups is 2. The lowest BCUT2D eigenvalue weighted by molar-refractivity contribution is -0.145. The Bertz CT molecular complexity index is 720. The summed E-state index contributed by atoms with van der Waals surface area (Å²) in [4.78, 5) is 25.5. The van der Waals surface area contributed by atoms with Crippen LogP contribution in [0.25, 0.3) is 0 Å². The number of esters is 1. The first-order valence-electron chi connectivity index (χ1n) is 9.59. The van der Waals surface area contributed by atoms with Crippen molar-refractivity contribution in [1.82, 2.24) is 5.32 Å². The molecule has 1 aromatic rings. The van der Waals surface area contributed by atoms with E-state index in [4.69, 9.17) is 4.74 Å². The molecular weight excluding hydrogens is 314 g/mol. The zero-order valence-electron chi connectivity index (χ0n) is 14.7. The van der Waals surface area contributed by atoms with Gasteiger partial charge in [-0.1, -0.05) is 18.2 Å². The van der Waals surface area contributed by atoms with Gasteiger partial charge in [0.1, 0.15) is 0 Å². The second-order valence-corrected chi connectivity index (χ2v) is 9.11. The van der Waals surface area contributed by atoms with Crippen molar-refractivity contribution in [3.63, 3.8) is 0 Å². The van der Waals surface area contributed by atoms with E-state index in [1.807, 2.05) is 18.2 Å². The first-order chi connectivity index (χ1) is 11.9. The van der Waals surface area contributed by atoms with E-state index in [1.165, 1.54) is 19.3 Å². The Morgan fingerprint density at radius 3 is 2.32 bits per heavy atom. The average Bonchev–Trinajstić information content (AvgIpc) is 2.53. The minimum Gasteiger partial charge on any atom is -0.445 e. The second-order valence-electron chi connectivity index (χ2n) is 9.11. The molecule has 0 aromatic heterocycles. The van der Waals surface area contributed by atoms with E-state index >= 15 is 0 Å². The van der Waals surface area contributed by atoms with Crippen LogP contribution in [-0.4, -0.2) is 23.0 Å². The van der Waals surface area contributed by atoms with Crippen LogP contribution in [0, 0.1) is 17.8 Å². The maximum atomic E-state index is 13.2. The largest absolute Gasteiger partial charge is 0.445 e. The highest BCUT2D eigenvalue weighted by molar-refractivity contribution is 5.97. The molecule has 6 rings (SSSR count). The van der Waals surface area contributed by atoms with Crippen LogP contribution < -0.4 is 5.32 Å². The standard InChI is InChI=1S/C21H25NO3/c1-20(12-16-4-2-3-5-17(16)18(23)25-20)19(24)22-21-9-13-6-14(10-21)8-15(7-13)11-21/h2-5,13-15H,6-12H2,1H3,(H,22,24)/t13?,14?,15?,20-,21?/m1/s1. The molecule has 0 spiro atoms. The summed E-state index contributed by atoms with van der Waals surface area (Å²) < 4.78 is 5.63. The normalized spacial score (nSPS) is 41.2. The molecule has 132 valence electrons. The van der Waals surface area contributed by atoms with Crippen molar-refractivity contribution in [3.8, 4) is 0 Å². The van der Waals surface area contributed by atoms with E-state index in [2.05, 4.69) is 5.32 Å². The summed E-state index contributed by atoms with van der Waals surface area (Å²) in [5.74, 6) is 1.82. The Hall–Kier alpha value is -1.84. The topological polar surface area (TPSA) is 55.4 Å². The smallest absolute Gasteiger partial charge is 0.339 e. The lowest BCUT2D eigenvalue weighted by atomic mass is 9.53. The van der Waals surface area contributed by atoms with Crippen LogP contribution >= 0.6 is 0 Å². The number of hydrogen-bond donors (Lipinski definition) is 1. The van der Waals surface area contributed by atoms with Gasteiger partial charge < -0.3 is 10.1 Å². The third-order valence-corrected chi connectivity index (χ3v) is 6.98. The second kappa shape index (κ2) is 5.09. The van der Waals surface area contributed by atoms with Crippen LogP contribution in [0.4, 0.5) is 0 Å². The molecule has 1 heterocycles. The van der Waals surface area contributed by atoms with E-state index in [-0.39, 0.29) is 17.4 Å². The summed E-state index contributed by atoms with van der Waals surface area (Å²) in [6.45, 7) is 1.76. The zero-order valence-corrected chi connectivity index (χ0v) is 14.7. The summed E-state index contributed by atoms with van der Waals surface area (Å²) in [6, 6.07) is 7.44. The van der Waals surface area contributed by atoms with Gasteiger partial charge in [0.25, 0.3) is 5.91 Å². The third kappa shape index (κ3) is 2.41. The minimum atomic E-state index is -1.10. The van der Waals surface area contributed by atoms with Crippen LogP contribution in [-0.2, 0) is 16.0 Å². The van der Waals surface area contributed by atoms with E-state index in [1.54, 1.807) is 13.0 Å². The molecule has 25 heavy (non-hydrogen) atoms. The molecule has 4 aliphatic carbocycles. The molecular formula is C21H25NO3. The number of nitrogens with one attached hydrogen (secondary N) is 1. The Balaban J connectivity index is 1.39. The molecule has 1 aromatic carbocycles. The predicted molar refractivity (Wildman–Crippen MR) is 93.0 cm³/mol. The van der Waals surface area contributed by atoms with E-state index in [0.717, 1.165) is 42.6 Å². The lowest BCUT2D eigenvalue weighted by Crippen LogP contribution is -2.64. The molecule has 0 saturated heterocycles. The summed E-state index contributed by atoms with van der Waals surface area (Å²) in [7, 11) is 0. The number of benzene rings is 1. The van der Waals surface area contributed by atoms with Gasteiger partial charge in [-0.25, -0.2) is 4.79 Å². The van der Waals surface area contributed by atoms with Crippen molar-refractivity contribution < 1.29 is 14.3 Å². The third-order valence-electron chi connectivity index (χ3n) is 6.98. The molecule has 5 aliphatic rings. The molecule has 1 atom stereocenters. The number of hydrogen-bond acceptors (Lipinski definition) is 3. The molecule has 1 amide bonds. The average molecular weight is 339 g/mol. The highest BCUT2D eigenvalue weighted by Gasteiger charge is 2.53. The van der Waals surface area contributed by atoms with Gasteiger partial charge in [0.05, 0.1) is 5.56 Å². The first-order valence-corrected chi connectivity index (χ1v) is 9.59. The number of cyclic esters (lactones) is 1. The molecule has 4 saturated carbocycles. The van der Waals surface area contributed by atoms with Crippen molar-refractivity contribution in [2.45, 2.75) is 63.0 Å². The molecule has 0 unspecified atom stereocenters. The lowest BCUT2D eigenvalue weighted by Gasteiger charge is -2.57. The molecule has 4 nitrogen and oxygen atoms in total. The minimum absolute atomic E-state index is 0.0573. The van der Waals surface area contributed by atoms with Crippen molar-refractivity contribution >= 4 is 11.9 Å². The summed E-state index contributed by atoms with van der Waals surface area (Å²) >= 11 is 0. The van der Waals surface area contributed by atoms with Crippen LogP contribution in [0.5, 0.6) is 0 Å². The van der Waals surface area contributed by atoms with Crippen molar-refractivity contribution in [3.05, 3.63) is 35.4 Å². The Morgan fingerprint density at radius 2 is 1.68 bits per heavy atom. The van der Waals surface area contributed by atoms with Gasteiger partial charge in [0, 0.05) is 12.0 Å². The van der Waals surface area contributed by atoms with Gasteiger partial charge in [0.15, 0.2) is 5.60 Å². The Labute approximate surface area is 148 Å². The van der Waals surface area contributed by atoms with Gasteiger partial charge >= 0.3 is 5.97 Å². The molecule has 1 aliphatic heterocycles. The fourth-order valence-corrected chi connectivity index (χ4v) is 6.30. The van der Waals surface area contributed by atoms with Crippen molar-refractivity contribution in [1.29, 1.82) is 0 Å². The Kier molecular flexibility index (Phi) is 3.14. The zero-order chi connectivity index (χ0) is 17.2. The van der Waals surface area contributed by atoms with E-state index in [0.29, 0.717) is 12.0 Å². The van der Waals surface area contributed by atoms with E-state index < -0.39 is 5.60 Å². The molecule has 1 N–H and O–H groups in total. The maximum Gasteiger partial charge on any atom is 0.339 e.